The molecule has 1 aliphatic rings. The van der Waals surface area contributed by atoms with Gasteiger partial charge in [0.2, 0.25) is 0 Å². The third-order valence-electron chi connectivity index (χ3n) is 3.49. The number of thioether (sulfide) groups is 1. The van der Waals surface area contributed by atoms with Crippen LogP contribution in [0.5, 0.6) is 0 Å². The molecule has 1 aromatic rings. The highest BCUT2D eigenvalue weighted by atomic mass is 32.2. The summed E-state index contributed by atoms with van der Waals surface area (Å²) < 4.78 is 50.1. The minimum atomic E-state index is -4.54. The number of carbonyl (C=O) groups is 1. The number of hydrogen-bond donors (Lipinski definition) is 2. The van der Waals surface area contributed by atoms with Gasteiger partial charge in [-0.25, -0.2) is 10.2 Å². The molecule has 0 bridgehead atoms. The Labute approximate surface area is 147 Å². The van der Waals surface area contributed by atoms with Gasteiger partial charge >= 0.3 is 12.3 Å². The number of alkyl halides is 3. The summed E-state index contributed by atoms with van der Waals surface area (Å²) in [4.78, 5) is 10.9. The summed E-state index contributed by atoms with van der Waals surface area (Å²) in [6, 6.07) is 3.81. The second-order valence-electron chi connectivity index (χ2n) is 5.20. The van der Waals surface area contributed by atoms with Crippen LogP contribution < -0.4 is 10.7 Å². The number of nitrogens with zero attached hydrogens (tertiary/aromatic N) is 1. The van der Waals surface area contributed by atoms with Crippen LogP contribution in [0.25, 0.3) is 0 Å². The predicted octanol–water partition coefficient (Wildman–Crippen LogP) is 2.94. The Bertz CT molecular complexity index is 653. The number of rotatable bonds is 7. The van der Waals surface area contributed by atoms with Crippen molar-refractivity contribution in [1.29, 1.82) is 0 Å². The van der Waals surface area contributed by atoms with E-state index in [0.717, 1.165) is 6.07 Å². The summed E-state index contributed by atoms with van der Waals surface area (Å²) in [6.45, 7) is 0.0647. The Morgan fingerprint density at radius 2 is 2.24 bits per heavy atom. The van der Waals surface area contributed by atoms with Crippen molar-refractivity contribution in [2.45, 2.75) is 12.3 Å². The van der Waals surface area contributed by atoms with Gasteiger partial charge in [-0.15, -0.1) is 0 Å². The molecular weight excluding hydrogens is 359 g/mol. The molecule has 1 aromatic carbocycles. The highest BCUT2D eigenvalue weighted by molar-refractivity contribution is 7.98. The van der Waals surface area contributed by atoms with Crippen LogP contribution in [-0.2, 0) is 15.7 Å². The molecule has 0 aromatic heterocycles. The molecule has 0 radical (unpaired) electrons. The van der Waals surface area contributed by atoms with Crippen molar-refractivity contribution in [3.63, 3.8) is 0 Å². The Morgan fingerprint density at radius 3 is 2.80 bits per heavy atom. The number of halogens is 3. The molecule has 6 nitrogen and oxygen atoms in total. The zero-order chi connectivity index (χ0) is 18.4. The lowest BCUT2D eigenvalue weighted by atomic mass is 10.0. The minimum Gasteiger partial charge on any atom is -0.442 e. The van der Waals surface area contributed by atoms with Crippen molar-refractivity contribution in [3.05, 3.63) is 29.3 Å². The van der Waals surface area contributed by atoms with Crippen molar-refractivity contribution >= 4 is 29.3 Å². The molecular formula is C15H18F3N3O3S. The molecule has 1 heterocycles. The monoisotopic (exact) mass is 377 g/mol. The van der Waals surface area contributed by atoms with Crippen LogP contribution in [0.2, 0.25) is 0 Å². The van der Waals surface area contributed by atoms with Gasteiger partial charge in [0, 0.05) is 30.7 Å². The fraction of sp³-hybridized carbons (Fsp3) is 0.467. The summed E-state index contributed by atoms with van der Waals surface area (Å²) in [7, 11) is 1.52. The van der Waals surface area contributed by atoms with Crippen molar-refractivity contribution in [2.24, 2.45) is 5.10 Å². The Hall–Kier alpha value is -1.94. The first-order valence-corrected chi connectivity index (χ1v) is 8.71. The lowest BCUT2D eigenvalue weighted by Gasteiger charge is -2.20. The van der Waals surface area contributed by atoms with E-state index in [9.17, 15) is 18.0 Å². The van der Waals surface area contributed by atoms with Gasteiger partial charge in [-0.1, -0.05) is 6.07 Å². The maximum atomic E-state index is 13.4. The zero-order valence-corrected chi connectivity index (χ0v) is 14.5. The molecule has 0 saturated carbocycles. The molecule has 25 heavy (non-hydrogen) atoms. The number of benzene rings is 1. The van der Waals surface area contributed by atoms with Gasteiger partial charge in [-0.05, 0) is 18.4 Å². The lowest BCUT2D eigenvalue weighted by molar-refractivity contribution is -0.137. The van der Waals surface area contributed by atoms with Crippen LogP contribution in [0.15, 0.2) is 23.3 Å². The highest BCUT2D eigenvalue weighted by Crippen LogP contribution is 2.35. The summed E-state index contributed by atoms with van der Waals surface area (Å²) in [6.07, 6.45) is -3.59. The van der Waals surface area contributed by atoms with Crippen LogP contribution in [0, 0.1) is 0 Å². The van der Waals surface area contributed by atoms with E-state index in [1.165, 1.54) is 19.2 Å². The van der Waals surface area contributed by atoms with Gasteiger partial charge in [0.1, 0.15) is 12.3 Å². The number of methoxy groups -OCH3 is 1. The summed E-state index contributed by atoms with van der Waals surface area (Å²) in [5.41, 5.74) is 1.66. The fourth-order valence-electron chi connectivity index (χ4n) is 2.19. The van der Waals surface area contributed by atoms with Crippen LogP contribution in [0.1, 0.15) is 11.1 Å². The molecule has 138 valence electrons. The molecule has 0 fully saturated rings. The van der Waals surface area contributed by atoms with E-state index < -0.39 is 17.8 Å². The SMILES string of the molecule is COC(CNc1ccc(C2=NNC(=O)OC2)cc1C(F)(F)F)CSC. The zero-order valence-electron chi connectivity index (χ0n) is 13.6. The van der Waals surface area contributed by atoms with Crippen LogP contribution in [-0.4, -0.2) is 50.2 Å². The maximum absolute atomic E-state index is 13.4. The molecule has 0 aliphatic carbocycles. The van der Waals surface area contributed by atoms with Gasteiger partial charge in [0.15, 0.2) is 0 Å². The smallest absolute Gasteiger partial charge is 0.428 e. The first-order chi connectivity index (χ1) is 11.8. The number of hydrogen-bond acceptors (Lipinski definition) is 6. The third kappa shape index (κ3) is 5.27. The van der Waals surface area contributed by atoms with Crippen molar-refractivity contribution in [2.75, 3.05) is 37.6 Å². The van der Waals surface area contributed by atoms with Gasteiger partial charge in [-0.2, -0.15) is 30.0 Å². The standard InChI is InChI=1S/C15H18F3N3O3S/c1-23-10(8-25-2)6-19-12-4-3-9(5-11(12)15(16,17)18)13-7-24-14(22)21-20-13/h3-5,10,19H,6-8H2,1-2H3,(H,21,22). The van der Waals surface area contributed by atoms with Gasteiger partial charge in [0.25, 0.3) is 0 Å². The molecule has 1 amide bonds. The van der Waals surface area contributed by atoms with Gasteiger partial charge in [0.05, 0.1) is 11.7 Å². The van der Waals surface area contributed by atoms with E-state index in [2.05, 4.69) is 15.8 Å². The highest BCUT2D eigenvalue weighted by Gasteiger charge is 2.34. The average molecular weight is 377 g/mol. The Kier molecular flexibility index (Phi) is 6.54. The molecule has 1 unspecified atom stereocenters. The first-order valence-electron chi connectivity index (χ1n) is 7.31. The number of hydrazone groups is 1. The lowest BCUT2D eigenvalue weighted by Crippen LogP contribution is -2.31. The number of ether oxygens (including phenoxy) is 2. The summed E-state index contributed by atoms with van der Waals surface area (Å²) >= 11 is 1.55. The minimum absolute atomic E-state index is 0.0410. The van der Waals surface area contributed by atoms with Gasteiger partial charge in [-0.3, -0.25) is 0 Å². The normalized spacial score (nSPS) is 15.9. The molecule has 1 atom stereocenters. The first kappa shape index (κ1) is 19.4. The molecule has 10 heteroatoms. The van der Waals surface area contributed by atoms with E-state index in [-0.39, 0.29) is 36.2 Å². The van der Waals surface area contributed by atoms with E-state index in [1.807, 2.05) is 6.26 Å². The number of amides is 1. The maximum Gasteiger partial charge on any atom is 0.428 e. The van der Waals surface area contributed by atoms with E-state index >= 15 is 0 Å². The number of nitrogens with one attached hydrogen (secondary N) is 2. The van der Waals surface area contributed by atoms with E-state index in [1.54, 1.807) is 11.8 Å². The van der Waals surface area contributed by atoms with Crippen molar-refractivity contribution < 1.29 is 27.4 Å². The second kappa shape index (κ2) is 8.43. The molecule has 2 N–H and O–H groups in total. The summed E-state index contributed by atoms with van der Waals surface area (Å²) in [5.74, 6) is 0.663. The molecule has 0 spiro atoms. The summed E-state index contributed by atoms with van der Waals surface area (Å²) in [5, 5.41) is 6.52. The second-order valence-corrected chi connectivity index (χ2v) is 6.11. The molecule has 0 saturated heterocycles. The quantitative estimate of drug-likeness (QED) is 0.765. The Morgan fingerprint density at radius 1 is 1.48 bits per heavy atom. The topological polar surface area (TPSA) is 72.0 Å². The third-order valence-corrected chi connectivity index (χ3v) is 4.19. The largest absolute Gasteiger partial charge is 0.442 e. The number of carbonyl (C=O) groups excluding carboxylic acids is 1. The number of cyclic esters (lactones) is 1. The average Bonchev–Trinajstić information content (AvgIpc) is 2.58. The predicted molar refractivity (Wildman–Crippen MR) is 90.1 cm³/mol. The van der Waals surface area contributed by atoms with E-state index in [0.29, 0.717) is 5.75 Å². The molecule has 2 rings (SSSR count). The van der Waals surface area contributed by atoms with Crippen LogP contribution in [0.4, 0.5) is 23.7 Å². The van der Waals surface area contributed by atoms with Gasteiger partial charge < -0.3 is 14.8 Å². The van der Waals surface area contributed by atoms with E-state index in [4.69, 9.17) is 9.47 Å². The molecule has 1 aliphatic heterocycles. The number of anilines is 1. The Balaban J connectivity index is 2.24. The van der Waals surface area contributed by atoms with Crippen molar-refractivity contribution in [3.8, 4) is 0 Å². The van der Waals surface area contributed by atoms with Crippen LogP contribution in [0.3, 0.4) is 0 Å². The fourth-order valence-corrected chi connectivity index (χ4v) is 2.82. The van der Waals surface area contributed by atoms with Crippen LogP contribution >= 0.6 is 11.8 Å². The van der Waals surface area contributed by atoms with Crippen molar-refractivity contribution in [1.82, 2.24) is 5.43 Å².